The Morgan fingerprint density at radius 3 is 2.75 bits per heavy atom. The van der Waals surface area contributed by atoms with Crippen LogP contribution in [0.2, 0.25) is 0 Å². The first-order chi connectivity index (χ1) is 11.7. The lowest BCUT2D eigenvalue weighted by Crippen LogP contribution is -2.12. The van der Waals surface area contributed by atoms with Crippen molar-refractivity contribution in [2.75, 3.05) is 11.9 Å². The highest BCUT2D eigenvalue weighted by atomic mass is 32.1. The molecular weight excluding hydrogens is 322 g/mol. The molecule has 122 valence electrons. The van der Waals surface area contributed by atoms with Crippen LogP contribution in [0.25, 0.3) is 10.6 Å². The molecule has 0 unspecified atom stereocenters. The zero-order chi connectivity index (χ0) is 16.9. The molecule has 0 radical (unpaired) electrons. The first-order valence-electron chi connectivity index (χ1n) is 7.58. The number of carbonyl (C=O) groups excluding carboxylic acids is 1. The van der Waals surface area contributed by atoms with E-state index >= 15 is 0 Å². The molecule has 0 atom stereocenters. The molecule has 0 aliphatic rings. The fourth-order valence-corrected chi connectivity index (χ4v) is 3.00. The molecule has 0 bridgehead atoms. The summed E-state index contributed by atoms with van der Waals surface area (Å²) in [6.45, 7) is 4.46. The van der Waals surface area contributed by atoms with Gasteiger partial charge in [0.15, 0.2) is 0 Å². The molecule has 2 aromatic heterocycles. The van der Waals surface area contributed by atoms with Crippen molar-refractivity contribution < 1.29 is 9.53 Å². The first-order valence-corrected chi connectivity index (χ1v) is 8.46. The van der Waals surface area contributed by atoms with Gasteiger partial charge >= 0.3 is 0 Å². The number of pyridine rings is 1. The maximum absolute atomic E-state index is 12.3. The molecular formula is C18H17N3O2S. The van der Waals surface area contributed by atoms with Gasteiger partial charge in [-0.25, -0.2) is 4.98 Å². The summed E-state index contributed by atoms with van der Waals surface area (Å²) in [4.78, 5) is 20.8. The number of hydrogen-bond donors (Lipinski definition) is 1. The largest absolute Gasteiger partial charge is 0.494 e. The zero-order valence-electron chi connectivity index (χ0n) is 13.4. The molecule has 1 N–H and O–H groups in total. The lowest BCUT2D eigenvalue weighted by Gasteiger charge is -2.04. The van der Waals surface area contributed by atoms with E-state index < -0.39 is 0 Å². The lowest BCUT2D eigenvalue weighted by atomic mass is 10.2. The van der Waals surface area contributed by atoms with E-state index in [2.05, 4.69) is 15.3 Å². The van der Waals surface area contributed by atoms with Crippen LogP contribution in [0.15, 0.2) is 48.0 Å². The van der Waals surface area contributed by atoms with Gasteiger partial charge in [-0.05, 0) is 50.2 Å². The van der Waals surface area contributed by atoms with Crippen LogP contribution in [0.4, 0.5) is 5.69 Å². The third-order valence-corrected chi connectivity index (χ3v) is 4.19. The Hall–Kier alpha value is -2.73. The van der Waals surface area contributed by atoms with E-state index in [1.54, 1.807) is 17.6 Å². The molecule has 0 aliphatic heterocycles. The van der Waals surface area contributed by atoms with Crippen LogP contribution in [0.3, 0.4) is 0 Å². The first kappa shape index (κ1) is 16.1. The zero-order valence-corrected chi connectivity index (χ0v) is 14.3. The van der Waals surface area contributed by atoms with Crippen LogP contribution >= 0.6 is 11.3 Å². The van der Waals surface area contributed by atoms with Gasteiger partial charge in [-0.2, -0.15) is 0 Å². The van der Waals surface area contributed by atoms with Gasteiger partial charge in [0.1, 0.15) is 16.5 Å². The summed E-state index contributed by atoms with van der Waals surface area (Å²) in [5.41, 5.74) is 2.92. The fourth-order valence-electron chi connectivity index (χ4n) is 2.19. The molecule has 0 saturated carbocycles. The number of amides is 1. The number of aryl methyl sites for hydroxylation is 1. The Morgan fingerprint density at radius 1 is 1.25 bits per heavy atom. The molecule has 0 saturated heterocycles. The average molecular weight is 339 g/mol. The molecule has 0 aliphatic carbocycles. The van der Waals surface area contributed by atoms with Gasteiger partial charge < -0.3 is 10.1 Å². The third kappa shape index (κ3) is 3.78. The molecule has 1 aromatic carbocycles. The number of thiazole rings is 1. The van der Waals surface area contributed by atoms with Crippen molar-refractivity contribution in [3.63, 3.8) is 0 Å². The Balaban J connectivity index is 1.73. The van der Waals surface area contributed by atoms with E-state index in [1.165, 1.54) is 11.3 Å². The molecule has 6 heteroatoms. The van der Waals surface area contributed by atoms with Crippen molar-refractivity contribution in [3.05, 3.63) is 59.4 Å². The van der Waals surface area contributed by atoms with Gasteiger partial charge in [-0.15, -0.1) is 11.3 Å². The maximum Gasteiger partial charge on any atom is 0.275 e. The highest BCUT2D eigenvalue weighted by Gasteiger charge is 2.12. The highest BCUT2D eigenvalue weighted by Crippen LogP contribution is 2.26. The SMILES string of the molecule is CCOc1ccc(-c2nc(C(=O)Nc3ccnc(C)c3)cs2)cc1. The van der Waals surface area contributed by atoms with Crippen molar-refractivity contribution >= 4 is 22.9 Å². The molecule has 24 heavy (non-hydrogen) atoms. The summed E-state index contributed by atoms with van der Waals surface area (Å²) < 4.78 is 5.43. The molecule has 0 spiro atoms. The summed E-state index contributed by atoms with van der Waals surface area (Å²) in [6.07, 6.45) is 1.66. The van der Waals surface area contributed by atoms with Crippen molar-refractivity contribution in [2.24, 2.45) is 0 Å². The van der Waals surface area contributed by atoms with E-state index in [-0.39, 0.29) is 5.91 Å². The van der Waals surface area contributed by atoms with E-state index in [0.717, 1.165) is 22.0 Å². The standard InChI is InChI=1S/C18H17N3O2S/c1-3-23-15-6-4-13(5-7-15)18-21-16(11-24-18)17(22)20-14-8-9-19-12(2)10-14/h4-11H,3H2,1-2H3,(H,19,20,22). The minimum Gasteiger partial charge on any atom is -0.494 e. The predicted octanol–water partition coefficient (Wildman–Crippen LogP) is 4.16. The smallest absolute Gasteiger partial charge is 0.275 e. The van der Waals surface area contributed by atoms with Crippen LogP contribution in [-0.2, 0) is 0 Å². The van der Waals surface area contributed by atoms with E-state index in [0.29, 0.717) is 18.0 Å². The van der Waals surface area contributed by atoms with E-state index in [9.17, 15) is 4.79 Å². The van der Waals surface area contributed by atoms with Crippen LogP contribution < -0.4 is 10.1 Å². The van der Waals surface area contributed by atoms with Crippen LogP contribution in [0, 0.1) is 6.92 Å². The van der Waals surface area contributed by atoms with Crippen molar-refractivity contribution in [1.29, 1.82) is 0 Å². The number of nitrogens with zero attached hydrogens (tertiary/aromatic N) is 2. The van der Waals surface area contributed by atoms with Crippen LogP contribution in [0.5, 0.6) is 5.75 Å². The lowest BCUT2D eigenvalue weighted by molar-refractivity contribution is 0.102. The second-order valence-corrected chi connectivity index (χ2v) is 5.99. The van der Waals surface area contributed by atoms with Crippen molar-refractivity contribution in [2.45, 2.75) is 13.8 Å². The number of carbonyl (C=O) groups is 1. The fraction of sp³-hybridized carbons (Fsp3) is 0.167. The predicted molar refractivity (Wildman–Crippen MR) is 95.6 cm³/mol. The molecule has 0 fully saturated rings. The summed E-state index contributed by atoms with van der Waals surface area (Å²) in [7, 11) is 0. The number of rotatable bonds is 5. The topological polar surface area (TPSA) is 64.1 Å². The minimum absolute atomic E-state index is 0.228. The highest BCUT2D eigenvalue weighted by molar-refractivity contribution is 7.13. The Bertz CT molecular complexity index is 843. The third-order valence-electron chi connectivity index (χ3n) is 3.30. The second kappa shape index (κ2) is 7.23. The number of ether oxygens (including phenoxy) is 1. The molecule has 2 heterocycles. The van der Waals surface area contributed by atoms with Gasteiger partial charge in [0.05, 0.1) is 6.61 Å². The summed E-state index contributed by atoms with van der Waals surface area (Å²) >= 11 is 1.44. The maximum atomic E-state index is 12.3. The number of anilines is 1. The molecule has 3 aromatic rings. The Kier molecular flexibility index (Phi) is 4.86. The van der Waals surface area contributed by atoms with Crippen LogP contribution in [0.1, 0.15) is 23.1 Å². The quantitative estimate of drug-likeness (QED) is 0.758. The van der Waals surface area contributed by atoms with Crippen LogP contribution in [-0.4, -0.2) is 22.5 Å². The molecule has 3 rings (SSSR count). The van der Waals surface area contributed by atoms with Gasteiger partial charge in [0.25, 0.3) is 5.91 Å². The van der Waals surface area contributed by atoms with E-state index in [4.69, 9.17) is 4.74 Å². The van der Waals surface area contributed by atoms with E-state index in [1.807, 2.05) is 44.2 Å². The number of nitrogens with one attached hydrogen (secondary N) is 1. The second-order valence-electron chi connectivity index (χ2n) is 5.14. The minimum atomic E-state index is -0.228. The monoisotopic (exact) mass is 339 g/mol. The Labute approximate surface area is 144 Å². The summed E-state index contributed by atoms with van der Waals surface area (Å²) in [5, 5.41) is 5.39. The number of benzene rings is 1. The van der Waals surface area contributed by atoms with Crippen molar-refractivity contribution in [1.82, 2.24) is 9.97 Å². The van der Waals surface area contributed by atoms with Gasteiger partial charge in [-0.1, -0.05) is 0 Å². The number of aromatic nitrogens is 2. The summed E-state index contributed by atoms with van der Waals surface area (Å²) in [5.74, 6) is 0.595. The average Bonchev–Trinajstić information content (AvgIpc) is 3.06. The van der Waals surface area contributed by atoms with Gasteiger partial charge in [0.2, 0.25) is 0 Å². The molecule has 1 amide bonds. The summed E-state index contributed by atoms with van der Waals surface area (Å²) in [6, 6.07) is 11.3. The normalized spacial score (nSPS) is 10.4. The number of hydrogen-bond acceptors (Lipinski definition) is 5. The van der Waals surface area contributed by atoms with Crippen molar-refractivity contribution in [3.8, 4) is 16.3 Å². The molecule has 5 nitrogen and oxygen atoms in total. The van der Waals surface area contributed by atoms with Gasteiger partial charge in [-0.3, -0.25) is 9.78 Å². The Morgan fingerprint density at radius 2 is 2.04 bits per heavy atom. The van der Waals surface area contributed by atoms with Gasteiger partial charge in [0, 0.05) is 28.5 Å².